The van der Waals surface area contributed by atoms with E-state index in [2.05, 4.69) is 0 Å². The number of aliphatic hydroxyl groups is 1. The Morgan fingerprint density at radius 2 is 2.00 bits per heavy atom. The number of ether oxygens (including phenoxy) is 1. The molecule has 44 valence electrons. The van der Waals surface area contributed by atoms with Crippen LogP contribution in [0, 0.1) is 23.7 Å². The van der Waals surface area contributed by atoms with Gasteiger partial charge in [0.05, 0.1) is 6.61 Å². The quantitative estimate of drug-likeness (QED) is 0.471. The first-order valence-corrected chi connectivity index (χ1v) is 3.19. The number of rotatable bonds is 0. The molecule has 4 rings (SSSR count). The second kappa shape index (κ2) is 0.847. The van der Waals surface area contributed by atoms with Crippen LogP contribution in [0.2, 0.25) is 0 Å². The molecule has 0 radical (unpaired) electrons. The highest BCUT2D eigenvalue weighted by atomic mass is 16.6. The van der Waals surface area contributed by atoms with Gasteiger partial charge >= 0.3 is 0 Å². The summed E-state index contributed by atoms with van der Waals surface area (Å²) in [6.07, 6.45) is -0.394. The summed E-state index contributed by atoms with van der Waals surface area (Å²) in [5.41, 5.74) is 0. The van der Waals surface area contributed by atoms with Crippen LogP contribution in [0.4, 0.5) is 0 Å². The highest BCUT2D eigenvalue weighted by molar-refractivity contribution is 5.22. The SMILES string of the molecule is OC1OCC2C3C1C23. The molecule has 8 heavy (non-hydrogen) atoms. The van der Waals surface area contributed by atoms with Crippen molar-refractivity contribution in [1.29, 1.82) is 0 Å². The highest BCUT2D eigenvalue weighted by Gasteiger charge is 2.77. The summed E-state index contributed by atoms with van der Waals surface area (Å²) in [5, 5.41) is 9.01. The average molecular weight is 112 g/mol. The number of hydrogen-bond acceptors (Lipinski definition) is 2. The Labute approximate surface area is 47.5 Å². The van der Waals surface area contributed by atoms with Gasteiger partial charge < -0.3 is 9.84 Å². The van der Waals surface area contributed by atoms with Crippen LogP contribution in [0.25, 0.3) is 0 Å². The predicted octanol–water partition coefficient (Wildman–Crippen LogP) is -0.173. The lowest BCUT2D eigenvalue weighted by Gasteiger charge is -2.24. The van der Waals surface area contributed by atoms with E-state index in [1.54, 1.807) is 0 Å². The van der Waals surface area contributed by atoms with Crippen LogP contribution >= 0.6 is 0 Å². The van der Waals surface area contributed by atoms with E-state index < -0.39 is 6.29 Å². The molecule has 2 saturated heterocycles. The maximum atomic E-state index is 9.01. The molecule has 0 amide bonds. The third kappa shape index (κ3) is 0.231. The van der Waals surface area contributed by atoms with Gasteiger partial charge in [0.2, 0.25) is 0 Å². The Morgan fingerprint density at radius 3 is 2.38 bits per heavy atom. The molecule has 4 fully saturated rings. The Morgan fingerprint density at radius 1 is 1.25 bits per heavy atom. The van der Waals surface area contributed by atoms with Crippen molar-refractivity contribution in [2.45, 2.75) is 6.29 Å². The fourth-order valence-electron chi connectivity index (χ4n) is 2.16. The first-order chi connectivity index (χ1) is 3.89. The van der Waals surface area contributed by atoms with E-state index >= 15 is 0 Å². The molecular weight excluding hydrogens is 104 g/mol. The normalized spacial score (nSPS) is 73.9. The van der Waals surface area contributed by atoms with Crippen molar-refractivity contribution in [3.63, 3.8) is 0 Å². The van der Waals surface area contributed by atoms with Gasteiger partial charge in [-0.05, 0) is 17.8 Å². The lowest BCUT2D eigenvalue weighted by atomic mass is 10.0. The standard InChI is InChI=1S/C6H8O2/c7-6-5-3-2(1-8-6)4(3)5/h2-7H,1H2. The summed E-state index contributed by atoms with van der Waals surface area (Å²) in [4.78, 5) is 0. The predicted molar refractivity (Wildman–Crippen MR) is 25.9 cm³/mol. The fraction of sp³-hybridized carbons (Fsp3) is 1.00. The molecule has 2 heteroatoms. The minimum Gasteiger partial charge on any atom is -0.368 e. The number of fused-ring (bicyclic) bond motifs is 2. The molecule has 3 atom stereocenters. The first kappa shape index (κ1) is 3.85. The zero-order valence-corrected chi connectivity index (χ0v) is 4.45. The van der Waals surface area contributed by atoms with E-state index in [-0.39, 0.29) is 0 Å². The third-order valence-corrected chi connectivity index (χ3v) is 2.83. The summed E-state index contributed by atoms with van der Waals surface area (Å²) in [7, 11) is 0. The van der Waals surface area contributed by atoms with Crippen LogP contribution < -0.4 is 0 Å². The van der Waals surface area contributed by atoms with E-state index in [9.17, 15) is 0 Å². The Kier molecular flexibility index (Phi) is 0.408. The zero-order chi connectivity index (χ0) is 5.30. The van der Waals surface area contributed by atoms with E-state index in [0.717, 1.165) is 24.4 Å². The molecule has 2 bridgehead atoms. The van der Waals surface area contributed by atoms with Gasteiger partial charge in [-0.15, -0.1) is 0 Å². The van der Waals surface area contributed by atoms with Crippen molar-refractivity contribution in [2.75, 3.05) is 6.61 Å². The minimum atomic E-state index is -0.394. The molecule has 2 nitrogen and oxygen atoms in total. The molecule has 0 aromatic rings. The van der Waals surface area contributed by atoms with Gasteiger partial charge in [-0.1, -0.05) is 0 Å². The molecule has 2 aliphatic carbocycles. The monoisotopic (exact) mass is 112 g/mol. The molecule has 4 aliphatic rings. The average Bonchev–Trinajstić information content (AvgIpc) is 2.48. The molecule has 3 unspecified atom stereocenters. The summed E-state index contributed by atoms with van der Waals surface area (Å²) in [6, 6.07) is 0. The van der Waals surface area contributed by atoms with Crippen LogP contribution in [-0.4, -0.2) is 18.0 Å². The van der Waals surface area contributed by atoms with Crippen LogP contribution in [-0.2, 0) is 4.74 Å². The molecule has 2 saturated carbocycles. The molecular formula is C6H8O2. The van der Waals surface area contributed by atoms with Crippen LogP contribution in [0.15, 0.2) is 0 Å². The summed E-state index contributed by atoms with van der Waals surface area (Å²) >= 11 is 0. The maximum Gasteiger partial charge on any atom is 0.157 e. The first-order valence-electron chi connectivity index (χ1n) is 3.19. The molecule has 0 aromatic carbocycles. The number of hydrogen-bond donors (Lipinski definition) is 1. The van der Waals surface area contributed by atoms with Gasteiger partial charge in [0, 0.05) is 5.92 Å². The van der Waals surface area contributed by atoms with E-state index in [4.69, 9.17) is 9.84 Å². The van der Waals surface area contributed by atoms with Crippen LogP contribution in [0.1, 0.15) is 0 Å². The van der Waals surface area contributed by atoms with Crippen molar-refractivity contribution in [2.24, 2.45) is 23.7 Å². The molecule has 2 aliphatic heterocycles. The summed E-state index contributed by atoms with van der Waals surface area (Å²) < 4.78 is 5.02. The Balaban J connectivity index is 1.89. The molecule has 2 heterocycles. The molecule has 1 N–H and O–H groups in total. The Bertz CT molecular complexity index is 135. The summed E-state index contributed by atoms with van der Waals surface area (Å²) in [5.74, 6) is 3.20. The molecule has 0 spiro atoms. The Hall–Kier alpha value is -0.0800. The van der Waals surface area contributed by atoms with Gasteiger partial charge in [-0.3, -0.25) is 0 Å². The fourth-order valence-corrected chi connectivity index (χ4v) is 2.16. The second-order valence-electron chi connectivity index (χ2n) is 3.12. The van der Waals surface area contributed by atoms with Gasteiger partial charge in [0.1, 0.15) is 0 Å². The van der Waals surface area contributed by atoms with E-state index in [0.29, 0.717) is 5.92 Å². The lowest BCUT2D eigenvalue weighted by molar-refractivity contribution is -0.165. The maximum absolute atomic E-state index is 9.01. The number of aliphatic hydroxyl groups excluding tert-OH is 1. The van der Waals surface area contributed by atoms with Crippen molar-refractivity contribution in [3.05, 3.63) is 0 Å². The zero-order valence-electron chi connectivity index (χ0n) is 4.45. The topological polar surface area (TPSA) is 29.5 Å². The van der Waals surface area contributed by atoms with Gasteiger partial charge in [-0.2, -0.15) is 0 Å². The van der Waals surface area contributed by atoms with Crippen LogP contribution in [0.3, 0.4) is 0 Å². The minimum absolute atomic E-state index is 0.394. The smallest absolute Gasteiger partial charge is 0.157 e. The largest absolute Gasteiger partial charge is 0.368 e. The molecule has 0 aromatic heterocycles. The summed E-state index contributed by atoms with van der Waals surface area (Å²) in [6.45, 7) is 0.826. The third-order valence-electron chi connectivity index (χ3n) is 2.83. The lowest BCUT2D eigenvalue weighted by Crippen LogP contribution is -2.30. The van der Waals surface area contributed by atoms with E-state index in [1.165, 1.54) is 0 Å². The van der Waals surface area contributed by atoms with Crippen molar-refractivity contribution >= 4 is 0 Å². The van der Waals surface area contributed by atoms with Crippen LogP contribution in [0.5, 0.6) is 0 Å². The van der Waals surface area contributed by atoms with Gasteiger partial charge in [0.15, 0.2) is 6.29 Å². The van der Waals surface area contributed by atoms with Crippen molar-refractivity contribution in [1.82, 2.24) is 0 Å². The van der Waals surface area contributed by atoms with Gasteiger partial charge in [0.25, 0.3) is 0 Å². The van der Waals surface area contributed by atoms with Gasteiger partial charge in [-0.25, -0.2) is 0 Å². The van der Waals surface area contributed by atoms with Crippen molar-refractivity contribution < 1.29 is 9.84 Å². The second-order valence-corrected chi connectivity index (χ2v) is 3.12. The van der Waals surface area contributed by atoms with Crippen molar-refractivity contribution in [3.8, 4) is 0 Å². The highest BCUT2D eigenvalue weighted by Crippen LogP contribution is 2.76. The van der Waals surface area contributed by atoms with E-state index in [1.807, 2.05) is 0 Å².